The number of piperidine rings is 1. The zero-order chi connectivity index (χ0) is 37.9. The Hall–Kier alpha value is -3.39. The molecule has 53 heavy (non-hydrogen) atoms. The summed E-state index contributed by atoms with van der Waals surface area (Å²) in [5.74, 6) is -2.71. The molecule has 1 unspecified atom stereocenters. The van der Waals surface area contributed by atoms with Crippen LogP contribution in [0.3, 0.4) is 0 Å². The van der Waals surface area contributed by atoms with Crippen LogP contribution in [0.1, 0.15) is 59.2 Å². The van der Waals surface area contributed by atoms with Crippen LogP contribution in [0.4, 0.5) is 5.69 Å². The van der Waals surface area contributed by atoms with E-state index < -0.39 is 29.7 Å². The van der Waals surface area contributed by atoms with Crippen LogP contribution in [0.2, 0.25) is 0 Å². The zero-order valence-corrected chi connectivity index (χ0v) is 30.8. The van der Waals surface area contributed by atoms with Gasteiger partial charge in [0.1, 0.15) is 6.04 Å². The highest BCUT2D eigenvalue weighted by Crippen LogP contribution is 2.32. The summed E-state index contributed by atoms with van der Waals surface area (Å²) in [7, 11) is 1.88. The summed E-state index contributed by atoms with van der Waals surface area (Å²) in [5.41, 5.74) is 0.389. The molecule has 0 radical (unpaired) electrons. The number of likely N-dealkylation sites (N-methyl/N-ethyl adjacent to an activating group) is 1. The molecule has 2 aliphatic heterocycles. The van der Waals surface area contributed by atoms with E-state index in [0.29, 0.717) is 112 Å². The Morgan fingerprint density at radius 1 is 0.679 bits per heavy atom. The van der Waals surface area contributed by atoms with Gasteiger partial charge in [-0.25, -0.2) is 0 Å². The first-order chi connectivity index (χ1) is 25.9. The number of hydrogen-bond donors (Lipinski definition) is 3. The van der Waals surface area contributed by atoms with Crippen LogP contribution in [-0.2, 0) is 52.3 Å². The highest BCUT2D eigenvalue weighted by Gasteiger charge is 2.45. The van der Waals surface area contributed by atoms with Crippen molar-refractivity contribution in [3.8, 4) is 0 Å². The minimum Gasteiger partial charge on any atom is -0.379 e. The van der Waals surface area contributed by atoms with Gasteiger partial charge in [0, 0.05) is 26.0 Å². The van der Waals surface area contributed by atoms with E-state index in [1.807, 2.05) is 7.05 Å². The van der Waals surface area contributed by atoms with Gasteiger partial charge in [0.25, 0.3) is 11.8 Å². The second kappa shape index (κ2) is 27.2. The summed E-state index contributed by atoms with van der Waals surface area (Å²) >= 11 is 0. The van der Waals surface area contributed by atoms with Crippen LogP contribution in [-0.4, -0.2) is 160 Å². The highest BCUT2D eigenvalue weighted by atomic mass is 16.6. The Labute approximate surface area is 310 Å². The fourth-order valence-electron chi connectivity index (χ4n) is 5.31. The maximum Gasteiger partial charge on any atom is 0.264 e. The molecule has 298 valence electrons. The van der Waals surface area contributed by atoms with E-state index in [1.165, 1.54) is 6.07 Å². The Morgan fingerprint density at radius 2 is 1.19 bits per heavy atom. The summed E-state index contributed by atoms with van der Waals surface area (Å²) in [6.07, 6.45) is 2.47. The number of unbranched alkanes of at least 4 members (excludes halogenated alkanes) is 2. The molecule has 2 aliphatic rings. The normalized spacial score (nSPS) is 15.6. The summed E-state index contributed by atoms with van der Waals surface area (Å²) < 4.78 is 43.8. The Balaban J connectivity index is 1.06. The van der Waals surface area contributed by atoms with Crippen molar-refractivity contribution < 1.29 is 61.9 Å². The van der Waals surface area contributed by atoms with Crippen LogP contribution in [0, 0.1) is 0 Å². The van der Waals surface area contributed by atoms with Crippen LogP contribution >= 0.6 is 0 Å². The minimum atomic E-state index is -1.07. The number of hydrogen-bond acceptors (Lipinski definition) is 14. The lowest BCUT2D eigenvalue weighted by Gasteiger charge is -2.27. The lowest BCUT2D eigenvalue weighted by atomic mass is 10.0. The fraction of sp³-hybridized carbons (Fsp3) is 0.694. The molecule has 0 spiro atoms. The molecule has 17 nitrogen and oxygen atoms in total. The second-order valence-corrected chi connectivity index (χ2v) is 12.0. The van der Waals surface area contributed by atoms with Crippen molar-refractivity contribution in [2.24, 2.45) is 0 Å². The standard InChI is InChI=1S/C36H56N4O13/c1-37-11-13-47-15-17-49-19-21-51-23-25-53-27-26-52-24-22-50-20-18-48-16-14-46-12-4-2-3-8-31(41)38-29-7-5-6-28-33(29)36(45)40(35(28)44)30-9-10-32(42)39-34(30)43/h5-7,30,37H,2-4,8-27H2,1H3,(H,38,41)(H,39,42,43). The molecule has 1 saturated heterocycles. The largest absolute Gasteiger partial charge is 0.379 e. The van der Waals surface area contributed by atoms with E-state index in [0.717, 1.165) is 24.3 Å². The molecule has 0 aromatic heterocycles. The van der Waals surface area contributed by atoms with E-state index >= 15 is 0 Å². The number of anilines is 1. The highest BCUT2D eigenvalue weighted by molar-refractivity contribution is 6.26. The van der Waals surface area contributed by atoms with Crippen molar-refractivity contribution in [3.63, 3.8) is 0 Å². The number of carbonyl (C=O) groups is 5. The number of fused-ring (bicyclic) bond motifs is 1. The van der Waals surface area contributed by atoms with Crippen molar-refractivity contribution in [3.05, 3.63) is 29.3 Å². The number of imide groups is 2. The first kappa shape index (κ1) is 44.0. The third-order valence-corrected chi connectivity index (χ3v) is 8.04. The number of benzene rings is 1. The molecule has 1 aromatic carbocycles. The Morgan fingerprint density at radius 3 is 1.70 bits per heavy atom. The van der Waals surface area contributed by atoms with Crippen molar-refractivity contribution in [1.82, 2.24) is 15.5 Å². The number of nitrogens with one attached hydrogen (secondary N) is 3. The average molecular weight is 753 g/mol. The number of amides is 5. The molecule has 3 rings (SSSR count). The van der Waals surface area contributed by atoms with Gasteiger partial charge in [-0.05, 0) is 38.4 Å². The maximum absolute atomic E-state index is 13.2. The van der Waals surface area contributed by atoms with E-state index in [-0.39, 0.29) is 42.0 Å². The lowest BCUT2D eigenvalue weighted by molar-refractivity contribution is -0.136. The van der Waals surface area contributed by atoms with E-state index in [4.69, 9.17) is 37.9 Å². The molecule has 17 heteroatoms. The third kappa shape index (κ3) is 17.1. The van der Waals surface area contributed by atoms with E-state index in [1.54, 1.807) is 12.1 Å². The van der Waals surface area contributed by atoms with Crippen LogP contribution < -0.4 is 16.0 Å². The summed E-state index contributed by atoms with van der Waals surface area (Å²) in [4.78, 5) is 63.5. The molecule has 0 saturated carbocycles. The Bertz CT molecular complexity index is 1270. The minimum absolute atomic E-state index is 0.0305. The number of ether oxygens (including phenoxy) is 8. The molecule has 0 aliphatic carbocycles. The molecular weight excluding hydrogens is 696 g/mol. The SMILES string of the molecule is CNCCOCCOCCOCCOCCOCCOCCOCCOCCCCCC(=O)Nc1cccc2c1C(=O)N(C1CCC(=O)NC1=O)C2=O. The van der Waals surface area contributed by atoms with Gasteiger partial charge in [0.15, 0.2) is 0 Å². The van der Waals surface area contributed by atoms with Gasteiger partial charge in [-0.1, -0.05) is 12.5 Å². The van der Waals surface area contributed by atoms with Gasteiger partial charge in [-0.3, -0.25) is 34.2 Å². The van der Waals surface area contributed by atoms with Gasteiger partial charge >= 0.3 is 0 Å². The second-order valence-electron chi connectivity index (χ2n) is 12.0. The summed E-state index contributed by atoms with van der Waals surface area (Å²) in [6.45, 7) is 8.96. The van der Waals surface area contributed by atoms with Crippen molar-refractivity contribution >= 4 is 35.2 Å². The third-order valence-electron chi connectivity index (χ3n) is 8.04. The predicted molar refractivity (Wildman–Crippen MR) is 191 cm³/mol. The number of rotatable bonds is 32. The van der Waals surface area contributed by atoms with Crippen LogP contribution in [0.15, 0.2) is 18.2 Å². The van der Waals surface area contributed by atoms with Crippen molar-refractivity contribution in [2.75, 3.05) is 125 Å². The quantitative estimate of drug-likeness (QED) is 0.0694. The molecular formula is C36H56N4O13. The molecule has 2 heterocycles. The fourth-order valence-corrected chi connectivity index (χ4v) is 5.31. The number of nitrogens with zero attached hydrogens (tertiary/aromatic N) is 1. The van der Waals surface area contributed by atoms with Gasteiger partial charge in [0.05, 0.1) is 116 Å². The van der Waals surface area contributed by atoms with Gasteiger partial charge in [-0.15, -0.1) is 0 Å². The summed E-state index contributed by atoms with van der Waals surface area (Å²) in [6, 6.07) is 3.54. The average Bonchev–Trinajstić information content (AvgIpc) is 3.40. The van der Waals surface area contributed by atoms with Crippen molar-refractivity contribution in [2.45, 2.75) is 44.6 Å². The first-order valence-corrected chi connectivity index (χ1v) is 18.3. The monoisotopic (exact) mass is 752 g/mol. The first-order valence-electron chi connectivity index (χ1n) is 18.3. The van der Waals surface area contributed by atoms with E-state index in [2.05, 4.69) is 16.0 Å². The van der Waals surface area contributed by atoms with Gasteiger partial charge < -0.3 is 48.5 Å². The van der Waals surface area contributed by atoms with Crippen LogP contribution in [0.5, 0.6) is 0 Å². The van der Waals surface area contributed by atoms with Gasteiger partial charge in [0.2, 0.25) is 17.7 Å². The number of carbonyl (C=O) groups excluding carboxylic acids is 5. The lowest BCUT2D eigenvalue weighted by Crippen LogP contribution is -2.54. The smallest absolute Gasteiger partial charge is 0.264 e. The molecule has 3 N–H and O–H groups in total. The van der Waals surface area contributed by atoms with Crippen molar-refractivity contribution in [1.29, 1.82) is 0 Å². The summed E-state index contributed by atoms with van der Waals surface area (Å²) in [5, 5.41) is 7.92. The molecule has 1 fully saturated rings. The van der Waals surface area contributed by atoms with Gasteiger partial charge in [-0.2, -0.15) is 0 Å². The molecule has 1 atom stereocenters. The Kier molecular flexibility index (Phi) is 22.6. The van der Waals surface area contributed by atoms with Crippen LogP contribution in [0.25, 0.3) is 0 Å². The molecule has 0 bridgehead atoms. The topological polar surface area (TPSA) is 199 Å². The molecule has 1 aromatic rings. The van der Waals surface area contributed by atoms with E-state index in [9.17, 15) is 24.0 Å². The predicted octanol–water partition coefficient (Wildman–Crippen LogP) is 0.939. The zero-order valence-electron chi connectivity index (χ0n) is 30.8. The molecule has 5 amide bonds. The maximum atomic E-state index is 13.2.